The normalized spacial score (nSPS) is 11.5. The van der Waals surface area contributed by atoms with Crippen molar-refractivity contribution in [1.29, 1.82) is 0 Å². The molecule has 0 fully saturated rings. The van der Waals surface area contributed by atoms with Gasteiger partial charge in [0, 0.05) is 0 Å². The Kier molecular flexibility index (Phi) is 22.8. The zero-order valence-corrected chi connectivity index (χ0v) is 14.6. The third-order valence-electron chi connectivity index (χ3n) is 3.29. The molecule has 140 valence electrons. The number of hydrogen-bond acceptors (Lipinski definition) is 6. The third kappa shape index (κ3) is 21.3. The largest absolute Gasteiger partial charge is 0.464 e. The first-order valence-electron chi connectivity index (χ1n) is 8.81. The SMILES string of the molecule is CCCCCCCCCCCCOC(=O)C(O)CO.OCCO. The highest BCUT2D eigenvalue weighted by molar-refractivity contribution is 5.74. The van der Waals surface area contributed by atoms with E-state index in [1.54, 1.807) is 0 Å². The van der Waals surface area contributed by atoms with Crippen molar-refractivity contribution in [2.75, 3.05) is 26.4 Å². The summed E-state index contributed by atoms with van der Waals surface area (Å²) in [4.78, 5) is 11.0. The van der Waals surface area contributed by atoms with Gasteiger partial charge in [-0.1, -0.05) is 64.7 Å². The number of carbonyl (C=O) groups is 1. The molecule has 0 bridgehead atoms. The highest BCUT2D eigenvalue weighted by Crippen LogP contribution is 2.10. The van der Waals surface area contributed by atoms with Crippen LogP contribution in [0.3, 0.4) is 0 Å². The van der Waals surface area contributed by atoms with E-state index < -0.39 is 18.7 Å². The average molecular weight is 336 g/mol. The summed E-state index contributed by atoms with van der Waals surface area (Å²) in [7, 11) is 0. The Morgan fingerprint density at radius 2 is 1.26 bits per heavy atom. The first-order chi connectivity index (χ1) is 11.1. The average Bonchev–Trinajstić information content (AvgIpc) is 2.58. The van der Waals surface area contributed by atoms with Crippen LogP contribution in [0.25, 0.3) is 0 Å². The topological polar surface area (TPSA) is 107 Å². The molecule has 1 atom stereocenters. The number of esters is 1. The molecule has 6 nitrogen and oxygen atoms in total. The van der Waals surface area contributed by atoms with E-state index in [1.165, 1.54) is 51.4 Å². The summed E-state index contributed by atoms with van der Waals surface area (Å²) in [6, 6.07) is 0. The highest BCUT2D eigenvalue weighted by atomic mass is 16.5. The summed E-state index contributed by atoms with van der Waals surface area (Å²) in [5.74, 6) is -0.724. The molecule has 4 N–H and O–H groups in total. The Labute approximate surface area is 140 Å². The van der Waals surface area contributed by atoms with Crippen molar-refractivity contribution in [3.63, 3.8) is 0 Å². The molecule has 0 aromatic rings. The van der Waals surface area contributed by atoms with E-state index in [0.29, 0.717) is 6.61 Å². The van der Waals surface area contributed by atoms with E-state index in [-0.39, 0.29) is 13.2 Å². The second-order valence-electron chi connectivity index (χ2n) is 5.50. The lowest BCUT2D eigenvalue weighted by Crippen LogP contribution is -2.26. The fourth-order valence-corrected chi connectivity index (χ4v) is 1.93. The van der Waals surface area contributed by atoms with Crippen LogP contribution in [-0.4, -0.2) is 58.9 Å². The fourth-order valence-electron chi connectivity index (χ4n) is 1.93. The summed E-state index contributed by atoms with van der Waals surface area (Å²) >= 11 is 0. The molecule has 6 heteroatoms. The van der Waals surface area contributed by atoms with E-state index >= 15 is 0 Å². The Balaban J connectivity index is 0. The molecule has 0 amide bonds. The van der Waals surface area contributed by atoms with Crippen molar-refractivity contribution in [3.05, 3.63) is 0 Å². The van der Waals surface area contributed by atoms with Crippen molar-refractivity contribution in [1.82, 2.24) is 0 Å². The Bertz CT molecular complexity index is 233. The van der Waals surface area contributed by atoms with E-state index in [0.717, 1.165) is 12.8 Å². The van der Waals surface area contributed by atoms with E-state index in [4.69, 9.17) is 25.2 Å². The van der Waals surface area contributed by atoms with Gasteiger partial charge >= 0.3 is 5.97 Å². The summed E-state index contributed by atoms with van der Waals surface area (Å²) in [5, 5.41) is 32.7. The molecule has 0 heterocycles. The van der Waals surface area contributed by atoms with Crippen molar-refractivity contribution < 1.29 is 30.0 Å². The van der Waals surface area contributed by atoms with Crippen LogP contribution in [0.1, 0.15) is 71.1 Å². The fraction of sp³-hybridized carbons (Fsp3) is 0.941. The minimum atomic E-state index is -1.39. The predicted molar refractivity (Wildman–Crippen MR) is 90.1 cm³/mol. The van der Waals surface area contributed by atoms with Crippen LogP contribution < -0.4 is 0 Å². The Hall–Kier alpha value is -0.690. The van der Waals surface area contributed by atoms with Crippen LogP contribution in [0, 0.1) is 0 Å². The number of rotatable bonds is 14. The molecule has 23 heavy (non-hydrogen) atoms. The summed E-state index contributed by atoms with van der Waals surface area (Å²) < 4.78 is 4.82. The van der Waals surface area contributed by atoms with Gasteiger partial charge in [0.1, 0.15) is 0 Å². The number of unbranched alkanes of at least 4 members (excludes halogenated alkanes) is 9. The standard InChI is InChI=1S/C15H30O4.C2H6O2/c1-2-3-4-5-6-7-8-9-10-11-12-19-15(18)14(17)13-16;3-1-2-4/h14,16-17H,2-13H2,1H3;3-4H,1-2H2. The van der Waals surface area contributed by atoms with Gasteiger partial charge < -0.3 is 25.2 Å². The van der Waals surface area contributed by atoms with Gasteiger partial charge in [-0.2, -0.15) is 0 Å². The molecule has 0 radical (unpaired) electrons. The monoisotopic (exact) mass is 336 g/mol. The lowest BCUT2D eigenvalue weighted by molar-refractivity contribution is -0.155. The van der Waals surface area contributed by atoms with Gasteiger partial charge in [-0.3, -0.25) is 0 Å². The van der Waals surface area contributed by atoms with E-state index in [9.17, 15) is 4.79 Å². The Morgan fingerprint density at radius 3 is 1.65 bits per heavy atom. The molecule has 1 unspecified atom stereocenters. The molecule has 0 saturated carbocycles. The minimum Gasteiger partial charge on any atom is -0.464 e. The van der Waals surface area contributed by atoms with Crippen LogP contribution in [0.4, 0.5) is 0 Å². The molecule has 0 rings (SSSR count). The second kappa shape index (κ2) is 21.3. The molecule has 0 saturated heterocycles. The van der Waals surface area contributed by atoms with Crippen LogP contribution in [-0.2, 0) is 9.53 Å². The van der Waals surface area contributed by atoms with Gasteiger partial charge in [-0.25, -0.2) is 4.79 Å². The number of aliphatic hydroxyl groups is 4. The summed E-state index contributed by atoms with van der Waals surface area (Å²) in [6.07, 6.45) is 10.9. The molecule has 0 aromatic heterocycles. The van der Waals surface area contributed by atoms with Crippen molar-refractivity contribution >= 4 is 5.97 Å². The van der Waals surface area contributed by atoms with Crippen LogP contribution in [0.15, 0.2) is 0 Å². The minimum absolute atomic E-state index is 0.125. The number of carbonyl (C=O) groups excluding carboxylic acids is 1. The number of aliphatic hydroxyl groups excluding tert-OH is 4. The zero-order chi connectivity index (χ0) is 17.8. The lowest BCUT2D eigenvalue weighted by Gasteiger charge is -2.07. The molecular weight excluding hydrogens is 300 g/mol. The number of ether oxygens (including phenoxy) is 1. The third-order valence-corrected chi connectivity index (χ3v) is 3.29. The first-order valence-corrected chi connectivity index (χ1v) is 8.81. The van der Waals surface area contributed by atoms with E-state index in [1.807, 2.05) is 0 Å². The van der Waals surface area contributed by atoms with E-state index in [2.05, 4.69) is 6.92 Å². The van der Waals surface area contributed by atoms with Gasteiger partial charge in [0.15, 0.2) is 6.10 Å². The second-order valence-corrected chi connectivity index (χ2v) is 5.50. The molecular formula is C17H36O6. The summed E-state index contributed by atoms with van der Waals surface area (Å²) in [5.41, 5.74) is 0. The van der Waals surface area contributed by atoms with Crippen LogP contribution in [0.2, 0.25) is 0 Å². The first kappa shape index (κ1) is 24.6. The van der Waals surface area contributed by atoms with Gasteiger partial charge in [0.2, 0.25) is 0 Å². The quantitative estimate of drug-likeness (QED) is 0.284. The zero-order valence-electron chi connectivity index (χ0n) is 14.6. The lowest BCUT2D eigenvalue weighted by atomic mass is 10.1. The van der Waals surface area contributed by atoms with Gasteiger partial charge in [0.05, 0.1) is 26.4 Å². The number of hydrogen-bond donors (Lipinski definition) is 4. The van der Waals surface area contributed by atoms with Crippen molar-refractivity contribution in [2.45, 2.75) is 77.2 Å². The van der Waals surface area contributed by atoms with Crippen LogP contribution >= 0.6 is 0 Å². The maximum atomic E-state index is 11.0. The highest BCUT2D eigenvalue weighted by Gasteiger charge is 2.14. The Morgan fingerprint density at radius 1 is 0.826 bits per heavy atom. The van der Waals surface area contributed by atoms with Gasteiger partial charge in [0.25, 0.3) is 0 Å². The molecule has 0 aliphatic rings. The maximum Gasteiger partial charge on any atom is 0.337 e. The maximum absolute atomic E-state index is 11.0. The molecule has 0 aromatic carbocycles. The van der Waals surface area contributed by atoms with Gasteiger partial charge in [-0.05, 0) is 6.42 Å². The summed E-state index contributed by atoms with van der Waals surface area (Å²) in [6.45, 7) is 1.75. The predicted octanol–water partition coefficient (Wildman–Crippen LogP) is 1.77. The van der Waals surface area contributed by atoms with Gasteiger partial charge in [-0.15, -0.1) is 0 Å². The van der Waals surface area contributed by atoms with Crippen molar-refractivity contribution in [2.24, 2.45) is 0 Å². The molecule has 0 spiro atoms. The molecule has 0 aliphatic carbocycles. The van der Waals surface area contributed by atoms with Crippen molar-refractivity contribution in [3.8, 4) is 0 Å². The smallest absolute Gasteiger partial charge is 0.337 e. The molecule has 0 aliphatic heterocycles. The van der Waals surface area contributed by atoms with Crippen LogP contribution in [0.5, 0.6) is 0 Å².